The Hall–Kier alpha value is -0.800. The summed E-state index contributed by atoms with van der Waals surface area (Å²) >= 11 is 12.2. The zero-order chi connectivity index (χ0) is 14.0. The number of alkyl halides is 1. The van der Waals surface area contributed by atoms with Crippen LogP contribution in [-0.2, 0) is 6.54 Å². The summed E-state index contributed by atoms with van der Waals surface area (Å²) in [5.41, 5.74) is 1.69. The van der Waals surface area contributed by atoms with E-state index >= 15 is 0 Å². The number of halogens is 2. The van der Waals surface area contributed by atoms with Gasteiger partial charge in [-0.15, -0.1) is 11.6 Å². The van der Waals surface area contributed by atoms with Crippen molar-refractivity contribution in [2.24, 2.45) is 5.92 Å². The van der Waals surface area contributed by atoms with Crippen molar-refractivity contribution >= 4 is 34.4 Å². The number of hydrogen-bond acceptors (Lipinski definition) is 2. The lowest BCUT2D eigenvalue weighted by Gasteiger charge is -2.10. The minimum absolute atomic E-state index is 0.132. The molecule has 0 amide bonds. The van der Waals surface area contributed by atoms with Gasteiger partial charge in [0.1, 0.15) is 11.3 Å². The highest BCUT2D eigenvalue weighted by Crippen LogP contribution is 2.25. The van der Waals surface area contributed by atoms with Crippen molar-refractivity contribution < 1.29 is 0 Å². The minimum atomic E-state index is -0.132. The highest BCUT2D eigenvalue weighted by molar-refractivity contribution is 6.31. The highest BCUT2D eigenvalue weighted by Gasteiger charge is 2.16. The van der Waals surface area contributed by atoms with Gasteiger partial charge in [-0.05, 0) is 31.7 Å². The molecule has 0 aliphatic rings. The topological polar surface area (TPSA) is 30.7 Å². The zero-order valence-electron chi connectivity index (χ0n) is 11.5. The standard InChI is InChI=1S/C14H19Cl2N3/c1-9(2)5-4-6-19-13(10(3)15)18-12-7-11(16)8-17-14(12)19/h7-10H,4-6H2,1-3H3. The largest absolute Gasteiger partial charge is 0.311 e. The summed E-state index contributed by atoms with van der Waals surface area (Å²) in [4.78, 5) is 8.95. The third kappa shape index (κ3) is 3.40. The molecule has 2 aromatic heterocycles. The lowest BCUT2D eigenvalue weighted by atomic mass is 10.1. The fourth-order valence-corrected chi connectivity index (χ4v) is 2.50. The Bertz CT molecular complexity index is 561. The molecule has 0 N–H and O–H groups in total. The van der Waals surface area contributed by atoms with Crippen molar-refractivity contribution in [1.29, 1.82) is 0 Å². The minimum Gasteiger partial charge on any atom is -0.311 e. The molecule has 0 aliphatic heterocycles. The Morgan fingerprint density at radius 3 is 2.68 bits per heavy atom. The SMILES string of the molecule is CC(C)CCCn1c(C(C)Cl)nc2cc(Cl)cnc21. The van der Waals surface area contributed by atoms with Gasteiger partial charge in [-0.1, -0.05) is 25.4 Å². The Morgan fingerprint density at radius 2 is 2.05 bits per heavy atom. The fourth-order valence-electron chi connectivity index (χ4n) is 2.19. The molecule has 0 saturated heterocycles. The summed E-state index contributed by atoms with van der Waals surface area (Å²) in [5, 5.41) is 0.472. The molecule has 5 heteroatoms. The number of hydrogen-bond donors (Lipinski definition) is 0. The summed E-state index contributed by atoms with van der Waals surface area (Å²) in [7, 11) is 0. The van der Waals surface area contributed by atoms with Gasteiger partial charge >= 0.3 is 0 Å². The molecule has 0 radical (unpaired) electrons. The molecule has 3 nitrogen and oxygen atoms in total. The van der Waals surface area contributed by atoms with Gasteiger partial charge < -0.3 is 4.57 Å². The van der Waals surface area contributed by atoms with Crippen molar-refractivity contribution in [3.05, 3.63) is 23.1 Å². The number of rotatable bonds is 5. The molecule has 0 aromatic carbocycles. The molecule has 2 heterocycles. The van der Waals surface area contributed by atoms with Crippen LogP contribution in [0.1, 0.15) is 44.8 Å². The van der Waals surface area contributed by atoms with E-state index in [1.807, 2.05) is 13.0 Å². The van der Waals surface area contributed by atoms with E-state index in [-0.39, 0.29) is 5.38 Å². The molecule has 1 atom stereocenters. The number of aromatic nitrogens is 3. The second-order valence-electron chi connectivity index (χ2n) is 5.27. The van der Waals surface area contributed by atoms with Crippen LogP contribution >= 0.6 is 23.2 Å². The second-order valence-corrected chi connectivity index (χ2v) is 6.36. The van der Waals surface area contributed by atoms with E-state index in [4.69, 9.17) is 23.2 Å². The second kappa shape index (κ2) is 6.10. The average molecular weight is 300 g/mol. The van der Waals surface area contributed by atoms with Gasteiger partial charge in [0, 0.05) is 12.7 Å². The Labute approximate surface area is 123 Å². The first-order chi connectivity index (χ1) is 8.99. The Balaban J connectivity index is 2.35. The summed E-state index contributed by atoms with van der Waals surface area (Å²) < 4.78 is 2.12. The van der Waals surface area contributed by atoms with Crippen LogP contribution in [0, 0.1) is 5.92 Å². The van der Waals surface area contributed by atoms with Crippen LogP contribution in [0.25, 0.3) is 11.2 Å². The maximum atomic E-state index is 6.22. The summed E-state index contributed by atoms with van der Waals surface area (Å²) in [6, 6.07) is 1.84. The van der Waals surface area contributed by atoms with Crippen LogP contribution in [0.4, 0.5) is 0 Å². The number of aryl methyl sites for hydroxylation is 1. The first-order valence-corrected chi connectivity index (χ1v) is 7.46. The van der Waals surface area contributed by atoms with Gasteiger partial charge in [-0.3, -0.25) is 0 Å². The predicted molar refractivity (Wildman–Crippen MR) is 80.9 cm³/mol. The summed E-state index contributed by atoms with van der Waals surface area (Å²) in [6.07, 6.45) is 3.95. The molecule has 0 bridgehead atoms. The molecule has 0 fully saturated rings. The van der Waals surface area contributed by atoms with Crippen molar-refractivity contribution in [2.45, 2.75) is 45.5 Å². The van der Waals surface area contributed by atoms with Gasteiger partial charge in [0.05, 0.1) is 10.4 Å². The maximum absolute atomic E-state index is 6.22. The normalized spacial score (nSPS) is 13.4. The van der Waals surface area contributed by atoms with E-state index in [9.17, 15) is 0 Å². The third-order valence-corrected chi connectivity index (χ3v) is 3.50. The first kappa shape index (κ1) is 14.6. The highest BCUT2D eigenvalue weighted by atomic mass is 35.5. The monoisotopic (exact) mass is 299 g/mol. The molecule has 0 aliphatic carbocycles. The first-order valence-electron chi connectivity index (χ1n) is 6.64. The van der Waals surface area contributed by atoms with Gasteiger partial charge in [0.2, 0.25) is 0 Å². The molecule has 104 valence electrons. The number of pyridine rings is 1. The van der Waals surface area contributed by atoms with E-state index in [0.717, 1.165) is 30.0 Å². The number of imidazole rings is 1. The van der Waals surface area contributed by atoms with Crippen molar-refractivity contribution in [3.8, 4) is 0 Å². The average Bonchev–Trinajstić information content (AvgIpc) is 2.67. The lowest BCUT2D eigenvalue weighted by molar-refractivity contribution is 0.508. The lowest BCUT2D eigenvalue weighted by Crippen LogP contribution is -2.06. The third-order valence-electron chi connectivity index (χ3n) is 3.10. The van der Waals surface area contributed by atoms with E-state index in [1.165, 1.54) is 6.42 Å². The van der Waals surface area contributed by atoms with Gasteiger partial charge in [0.15, 0.2) is 5.65 Å². The number of nitrogens with zero attached hydrogens (tertiary/aromatic N) is 3. The smallest absolute Gasteiger partial charge is 0.160 e. The summed E-state index contributed by atoms with van der Waals surface area (Å²) in [5.74, 6) is 1.57. The van der Waals surface area contributed by atoms with Crippen molar-refractivity contribution in [3.63, 3.8) is 0 Å². The molecular weight excluding hydrogens is 281 g/mol. The molecule has 0 spiro atoms. The van der Waals surface area contributed by atoms with Gasteiger partial charge in [0.25, 0.3) is 0 Å². The molecule has 19 heavy (non-hydrogen) atoms. The molecular formula is C14H19Cl2N3. The van der Waals surface area contributed by atoms with Gasteiger partial charge in [-0.25, -0.2) is 9.97 Å². The van der Waals surface area contributed by atoms with Crippen LogP contribution in [0.15, 0.2) is 12.3 Å². The molecule has 2 aromatic rings. The molecule has 0 saturated carbocycles. The molecule has 2 rings (SSSR count). The van der Waals surface area contributed by atoms with Crippen LogP contribution in [0.3, 0.4) is 0 Å². The van der Waals surface area contributed by atoms with Crippen LogP contribution in [-0.4, -0.2) is 14.5 Å². The Morgan fingerprint density at radius 1 is 1.32 bits per heavy atom. The van der Waals surface area contributed by atoms with E-state index in [1.54, 1.807) is 6.20 Å². The van der Waals surface area contributed by atoms with Gasteiger partial charge in [-0.2, -0.15) is 0 Å². The van der Waals surface area contributed by atoms with Crippen LogP contribution in [0.5, 0.6) is 0 Å². The predicted octanol–water partition coefficient (Wildman–Crippen LogP) is 4.82. The number of fused-ring (bicyclic) bond motifs is 1. The van der Waals surface area contributed by atoms with E-state index < -0.39 is 0 Å². The Kier molecular flexibility index (Phi) is 4.69. The van der Waals surface area contributed by atoms with Crippen molar-refractivity contribution in [2.75, 3.05) is 0 Å². The fraction of sp³-hybridized carbons (Fsp3) is 0.571. The summed E-state index contributed by atoms with van der Waals surface area (Å²) in [6.45, 7) is 7.29. The van der Waals surface area contributed by atoms with E-state index in [0.29, 0.717) is 10.9 Å². The van der Waals surface area contributed by atoms with Crippen molar-refractivity contribution in [1.82, 2.24) is 14.5 Å². The van der Waals surface area contributed by atoms with E-state index in [2.05, 4.69) is 28.4 Å². The van der Waals surface area contributed by atoms with Crippen LogP contribution in [0.2, 0.25) is 5.02 Å². The van der Waals surface area contributed by atoms with Crippen LogP contribution < -0.4 is 0 Å². The zero-order valence-corrected chi connectivity index (χ0v) is 13.0. The molecule has 1 unspecified atom stereocenters. The quantitative estimate of drug-likeness (QED) is 0.741. The maximum Gasteiger partial charge on any atom is 0.160 e.